The van der Waals surface area contributed by atoms with Gasteiger partial charge in [-0.05, 0) is 31.0 Å². The quantitative estimate of drug-likeness (QED) is 0.913. The van der Waals surface area contributed by atoms with Crippen LogP contribution in [-0.4, -0.2) is 19.2 Å². The Balaban J connectivity index is 2.24. The van der Waals surface area contributed by atoms with Crippen molar-refractivity contribution in [2.45, 2.75) is 18.9 Å². The zero-order valence-corrected chi connectivity index (χ0v) is 12.2. The van der Waals surface area contributed by atoms with Crippen LogP contribution in [0.2, 0.25) is 0 Å². The van der Waals surface area contributed by atoms with E-state index in [0.717, 1.165) is 22.1 Å². The lowest BCUT2D eigenvalue weighted by Gasteiger charge is -2.22. The largest absolute Gasteiger partial charge is 0.493 e. The van der Waals surface area contributed by atoms with Gasteiger partial charge in [0.2, 0.25) is 0 Å². The van der Waals surface area contributed by atoms with E-state index in [1.54, 1.807) is 31.8 Å². The first-order valence-corrected chi connectivity index (χ1v) is 6.84. The second-order valence-electron chi connectivity index (χ2n) is 4.62. The van der Waals surface area contributed by atoms with Crippen LogP contribution < -0.4 is 15.2 Å². The Bertz CT molecular complexity index is 538. The van der Waals surface area contributed by atoms with E-state index >= 15 is 0 Å². The summed E-state index contributed by atoms with van der Waals surface area (Å²) in [5.74, 6) is 1.44. The van der Waals surface area contributed by atoms with Gasteiger partial charge in [-0.3, -0.25) is 0 Å². The number of nitrogens with two attached hydrogens (primary N) is 1. The second kappa shape index (κ2) is 5.59. The molecule has 0 saturated heterocycles. The molecule has 1 unspecified atom stereocenters. The van der Waals surface area contributed by atoms with Gasteiger partial charge in [-0.25, -0.2) is 4.98 Å². The highest BCUT2D eigenvalue weighted by Gasteiger charge is 2.24. The van der Waals surface area contributed by atoms with Crippen molar-refractivity contribution in [2.24, 2.45) is 5.73 Å². The van der Waals surface area contributed by atoms with Crippen molar-refractivity contribution >= 4 is 11.3 Å². The Hall–Kier alpha value is -1.59. The predicted octanol–water partition coefficient (Wildman–Crippen LogP) is 2.58. The number of hydrogen-bond acceptors (Lipinski definition) is 5. The molecular weight excluding hydrogens is 260 g/mol. The molecule has 2 aromatic rings. The molecule has 102 valence electrons. The van der Waals surface area contributed by atoms with Crippen molar-refractivity contribution in [1.82, 2.24) is 4.98 Å². The molecule has 0 aliphatic heterocycles. The lowest BCUT2D eigenvalue weighted by atomic mass is 9.94. The molecule has 0 bridgehead atoms. The van der Waals surface area contributed by atoms with Crippen LogP contribution in [0.25, 0.3) is 0 Å². The summed E-state index contributed by atoms with van der Waals surface area (Å²) >= 11 is 1.57. The van der Waals surface area contributed by atoms with E-state index < -0.39 is 5.54 Å². The maximum Gasteiger partial charge on any atom is 0.160 e. The fraction of sp³-hybridized carbons (Fsp3) is 0.357. The minimum atomic E-state index is -0.478. The first-order chi connectivity index (χ1) is 9.06. The van der Waals surface area contributed by atoms with Crippen molar-refractivity contribution in [3.8, 4) is 11.5 Å². The third kappa shape index (κ3) is 3.05. The Morgan fingerprint density at radius 1 is 1.26 bits per heavy atom. The lowest BCUT2D eigenvalue weighted by molar-refractivity contribution is 0.354. The molecule has 0 saturated carbocycles. The average molecular weight is 278 g/mol. The highest BCUT2D eigenvalue weighted by atomic mass is 32.1. The molecule has 4 nitrogen and oxygen atoms in total. The standard InChI is InChI=1S/C14H18N2O2S/c1-14(15,13-16-6-7-19-13)9-10-4-5-11(17-2)12(8-10)18-3/h4-8H,9,15H2,1-3H3. The van der Waals surface area contributed by atoms with E-state index in [9.17, 15) is 0 Å². The highest BCUT2D eigenvalue weighted by molar-refractivity contribution is 7.09. The average Bonchev–Trinajstić information content (AvgIpc) is 2.93. The molecule has 0 spiro atoms. The first-order valence-electron chi connectivity index (χ1n) is 5.96. The van der Waals surface area contributed by atoms with Crippen molar-refractivity contribution in [2.75, 3.05) is 14.2 Å². The number of aromatic nitrogens is 1. The van der Waals surface area contributed by atoms with Crippen LogP contribution in [0.5, 0.6) is 11.5 Å². The van der Waals surface area contributed by atoms with E-state index in [0.29, 0.717) is 6.42 Å². The van der Waals surface area contributed by atoms with Crippen LogP contribution in [0.1, 0.15) is 17.5 Å². The molecule has 0 amide bonds. The Labute approximate surface area is 117 Å². The molecule has 2 rings (SSSR count). The number of nitrogens with zero attached hydrogens (tertiary/aromatic N) is 1. The monoisotopic (exact) mass is 278 g/mol. The number of thiazole rings is 1. The van der Waals surface area contributed by atoms with Crippen LogP contribution in [-0.2, 0) is 12.0 Å². The van der Waals surface area contributed by atoms with Gasteiger partial charge < -0.3 is 15.2 Å². The number of ether oxygens (including phenoxy) is 2. The summed E-state index contributed by atoms with van der Waals surface area (Å²) in [5, 5.41) is 2.87. The molecule has 0 radical (unpaired) electrons. The summed E-state index contributed by atoms with van der Waals surface area (Å²) in [7, 11) is 3.25. The maximum absolute atomic E-state index is 6.35. The van der Waals surface area contributed by atoms with Gasteiger partial charge in [0.1, 0.15) is 5.01 Å². The number of hydrogen-bond donors (Lipinski definition) is 1. The Morgan fingerprint density at radius 3 is 2.58 bits per heavy atom. The topological polar surface area (TPSA) is 57.4 Å². The van der Waals surface area contributed by atoms with E-state index in [1.165, 1.54) is 0 Å². The molecule has 0 fully saturated rings. The predicted molar refractivity (Wildman–Crippen MR) is 76.9 cm³/mol. The minimum Gasteiger partial charge on any atom is -0.493 e. The van der Waals surface area contributed by atoms with Crippen molar-refractivity contribution in [3.63, 3.8) is 0 Å². The maximum atomic E-state index is 6.35. The third-order valence-corrected chi connectivity index (χ3v) is 3.99. The number of methoxy groups -OCH3 is 2. The molecule has 19 heavy (non-hydrogen) atoms. The molecule has 1 heterocycles. The summed E-state index contributed by atoms with van der Waals surface area (Å²) in [6.45, 7) is 1.99. The molecule has 1 aromatic heterocycles. The highest BCUT2D eigenvalue weighted by Crippen LogP contribution is 2.31. The summed E-state index contributed by atoms with van der Waals surface area (Å²) in [4.78, 5) is 4.30. The van der Waals surface area contributed by atoms with Crippen LogP contribution in [0.3, 0.4) is 0 Å². The van der Waals surface area contributed by atoms with Gasteiger partial charge in [-0.1, -0.05) is 6.07 Å². The summed E-state index contributed by atoms with van der Waals surface area (Å²) < 4.78 is 10.5. The molecular formula is C14H18N2O2S. The van der Waals surface area contributed by atoms with E-state index in [2.05, 4.69) is 4.98 Å². The van der Waals surface area contributed by atoms with Gasteiger partial charge in [0.15, 0.2) is 11.5 Å². The van der Waals surface area contributed by atoms with E-state index in [1.807, 2.05) is 30.5 Å². The van der Waals surface area contributed by atoms with Crippen LogP contribution in [0.4, 0.5) is 0 Å². The first kappa shape index (κ1) is 13.8. The summed E-state index contributed by atoms with van der Waals surface area (Å²) in [6.07, 6.45) is 2.47. The fourth-order valence-electron chi connectivity index (χ4n) is 2.00. The summed E-state index contributed by atoms with van der Waals surface area (Å²) in [6, 6.07) is 5.85. The van der Waals surface area contributed by atoms with E-state index in [4.69, 9.17) is 15.2 Å². The van der Waals surface area contributed by atoms with Crippen molar-refractivity contribution in [1.29, 1.82) is 0 Å². The van der Waals surface area contributed by atoms with Crippen LogP contribution in [0, 0.1) is 0 Å². The van der Waals surface area contributed by atoms with Gasteiger partial charge in [0.25, 0.3) is 0 Å². The summed E-state index contributed by atoms with van der Waals surface area (Å²) in [5.41, 5.74) is 6.97. The Morgan fingerprint density at radius 2 is 2.00 bits per heavy atom. The zero-order valence-electron chi connectivity index (χ0n) is 11.3. The lowest BCUT2D eigenvalue weighted by Crippen LogP contribution is -2.35. The van der Waals surface area contributed by atoms with Gasteiger partial charge >= 0.3 is 0 Å². The molecule has 1 aromatic carbocycles. The fourth-order valence-corrected chi connectivity index (χ4v) is 2.71. The molecule has 0 aliphatic carbocycles. The molecule has 1 atom stereocenters. The molecule has 2 N–H and O–H groups in total. The van der Waals surface area contributed by atoms with Gasteiger partial charge in [0, 0.05) is 11.6 Å². The SMILES string of the molecule is COc1ccc(CC(C)(N)c2nccs2)cc1OC. The third-order valence-electron chi connectivity index (χ3n) is 2.94. The number of rotatable bonds is 5. The minimum absolute atomic E-state index is 0.478. The van der Waals surface area contributed by atoms with Gasteiger partial charge in [-0.15, -0.1) is 11.3 Å². The Kier molecular flexibility index (Phi) is 4.07. The zero-order chi connectivity index (χ0) is 13.9. The van der Waals surface area contributed by atoms with Crippen LogP contribution >= 0.6 is 11.3 Å². The molecule has 0 aliphatic rings. The van der Waals surface area contributed by atoms with Crippen molar-refractivity contribution < 1.29 is 9.47 Å². The van der Waals surface area contributed by atoms with E-state index in [-0.39, 0.29) is 0 Å². The van der Waals surface area contributed by atoms with Crippen LogP contribution in [0.15, 0.2) is 29.8 Å². The second-order valence-corrected chi connectivity index (χ2v) is 5.52. The normalized spacial score (nSPS) is 13.9. The van der Waals surface area contributed by atoms with Gasteiger partial charge in [0.05, 0.1) is 19.8 Å². The number of benzene rings is 1. The smallest absolute Gasteiger partial charge is 0.160 e. The van der Waals surface area contributed by atoms with Gasteiger partial charge in [-0.2, -0.15) is 0 Å². The van der Waals surface area contributed by atoms with Crippen molar-refractivity contribution in [3.05, 3.63) is 40.3 Å². The molecule has 5 heteroatoms.